The number of aliphatic carboxylic acids is 2. The van der Waals surface area contributed by atoms with Gasteiger partial charge in [-0.05, 0) is 109 Å². The van der Waals surface area contributed by atoms with Crippen molar-refractivity contribution < 1.29 is 50.3 Å². The van der Waals surface area contributed by atoms with Gasteiger partial charge in [-0.25, -0.2) is 0 Å². The zero-order valence-corrected chi connectivity index (χ0v) is 36.5. The van der Waals surface area contributed by atoms with E-state index in [0.29, 0.717) is 36.7 Å². The molecule has 12 nitrogen and oxygen atoms in total. The van der Waals surface area contributed by atoms with E-state index in [1.54, 1.807) is 12.1 Å². The molecule has 0 radical (unpaired) electrons. The monoisotopic (exact) mass is 869 g/mol. The standard InChI is InChI=1S/C47H52N2O10S2/c1-46(2)40(48(28-14-8-12-18-42(50)51)38-26-20-32-30-34(60(54,55)56)22-24-36(32)44(38)46)16-10-6-5-7-11-17-41-47(3,4)45-37-25-23-35(61(57,58)59)31-33(37)21-27-39(45)49(41)29-15-9-13-19-43(52)53/h5-7,10-11,16-17,20-27,30-31H,8-9,12-15,18-19,28-29H2,1-4H3,(H3-,50,51,52,53,54,55,56,57,58,59)/p+1. The Bertz CT molecular complexity index is 2780. The number of hydrogen-bond donors (Lipinski definition) is 4. The summed E-state index contributed by atoms with van der Waals surface area (Å²) < 4.78 is 69.3. The van der Waals surface area contributed by atoms with Crippen molar-refractivity contribution in [2.75, 3.05) is 18.0 Å². The maximum atomic E-state index is 11.9. The first-order valence-electron chi connectivity index (χ1n) is 20.4. The van der Waals surface area contributed by atoms with E-state index in [1.165, 1.54) is 24.3 Å². The smallest absolute Gasteiger partial charge is 0.303 e. The summed E-state index contributed by atoms with van der Waals surface area (Å²) in [5.74, 6) is -1.63. The number of carboxylic acids is 2. The number of hydrogen-bond acceptors (Lipinski definition) is 7. The molecule has 61 heavy (non-hydrogen) atoms. The van der Waals surface area contributed by atoms with Gasteiger partial charge in [0.25, 0.3) is 20.2 Å². The van der Waals surface area contributed by atoms with Crippen molar-refractivity contribution in [1.82, 2.24) is 0 Å². The van der Waals surface area contributed by atoms with Crippen molar-refractivity contribution in [2.45, 2.75) is 99.7 Å². The third-order valence-corrected chi connectivity index (χ3v) is 13.4. The Balaban J connectivity index is 1.28. The first kappa shape index (κ1) is 45.1. The summed E-state index contributed by atoms with van der Waals surface area (Å²) in [6, 6.07) is 16.9. The highest BCUT2D eigenvalue weighted by atomic mass is 32.2. The average Bonchev–Trinajstić information content (AvgIpc) is 3.53. The van der Waals surface area contributed by atoms with E-state index in [9.17, 15) is 35.5 Å². The predicted molar refractivity (Wildman–Crippen MR) is 238 cm³/mol. The second kappa shape index (κ2) is 17.9. The van der Waals surface area contributed by atoms with Crippen LogP contribution in [0.2, 0.25) is 0 Å². The van der Waals surface area contributed by atoms with E-state index < -0.39 is 43.0 Å². The number of nitrogens with zero attached hydrogens (tertiary/aromatic N) is 2. The van der Waals surface area contributed by atoms with Gasteiger partial charge in [0, 0.05) is 60.3 Å². The molecule has 0 amide bonds. The maximum Gasteiger partial charge on any atom is 0.303 e. The summed E-state index contributed by atoms with van der Waals surface area (Å²) in [6.07, 6.45) is 18.3. The summed E-state index contributed by atoms with van der Waals surface area (Å²) in [5.41, 5.74) is 5.13. The SMILES string of the molecule is CC1(C)C(=CC=CC=CC=CC2=[N+](CCCCCC(=O)O)c3ccc4cc(S(=O)(=O)O)ccc4c3C2(C)C)N(CCCCCC(=O)O)c2ccc3cc(S(=O)(=O)O)ccc3c21. The fourth-order valence-electron chi connectivity index (χ4n) is 8.88. The van der Waals surface area contributed by atoms with Crippen LogP contribution in [-0.2, 0) is 40.7 Å². The quantitative estimate of drug-likeness (QED) is 0.0323. The van der Waals surface area contributed by atoms with Gasteiger partial charge in [0.15, 0.2) is 5.71 Å². The summed E-state index contributed by atoms with van der Waals surface area (Å²) >= 11 is 0. The molecule has 0 aromatic heterocycles. The van der Waals surface area contributed by atoms with Crippen molar-refractivity contribution in [3.05, 3.63) is 120 Å². The van der Waals surface area contributed by atoms with Crippen molar-refractivity contribution in [3.8, 4) is 0 Å². The molecule has 0 bridgehead atoms. The lowest BCUT2D eigenvalue weighted by atomic mass is 9.79. The second-order valence-electron chi connectivity index (χ2n) is 16.7. The second-order valence-corrected chi connectivity index (χ2v) is 19.5. The maximum absolute atomic E-state index is 11.9. The van der Waals surface area contributed by atoms with Gasteiger partial charge in [-0.1, -0.05) is 68.8 Å². The molecule has 0 atom stereocenters. The molecule has 4 aromatic carbocycles. The lowest BCUT2D eigenvalue weighted by Crippen LogP contribution is -2.28. The Morgan fingerprint density at radius 3 is 1.77 bits per heavy atom. The minimum Gasteiger partial charge on any atom is -0.481 e. The largest absolute Gasteiger partial charge is 0.481 e. The van der Waals surface area contributed by atoms with Gasteiger partial charge < -0.3 is 15.1 Å². The highest BCUT2D eigenvalue weighted by molar-refractivity contribution is 7.86. The summed E-state index contributed by atoms with van der Waals surface area (Å²) in [7, 11) is -8.76. The lowest BCUT2D eigenvalue weighted by molar-refractivity contribution is -0.438. The number of benzene rings is 4. The lowest BCUT2D eigenvalue weighted by Gasteiger charge is -2.27. The van der Waals surface area contributed by atoms with Crippen LogP contribution in [0.1, 0.15) is 90.2 Å². The van der Waals surface area contributed by atoms with Crippen LogP contribution >= 0.6 is 0 Å². The Morgan fingerprint density at radius 2 is 1.18 bits per heavy atom. The van der Waals surface area contributed by atoms with E-state index in [1.807, 2.05) is 54.6 Å². The molecule has 0 saturated carbocycles. The highest BCUT2D eigenvalue weighted by Gasteiger charge is 2.45. The van der Waals surface area contributed by atoms with E-state index >= 15 is 0 Å². The molecule has 0 fully saturated rings. The molecule has 2 aliphatic rings. The van der Waals surface area contributed by atoms with Crippen LogP contribution in [0.3, 0.4) is 0 Å². The van der Waals surface area contributed by atoms with Gasteiger partial charge in [0.1, 0.15) is 6.54 Å². The molecule has 322 valence electrons. The Hall–Kier alpha value is -5.41. The predicted octanol–water partition coefficient (Wildman–Crippen LogP) is 9.50. The molecule has 4 N–H and O–H groups in total. The van der Waals surface area contributed by atoms with Crippen molar-refractivity contribution in [1.29, 1.82) is 0 Å². The summed E-state index contributed by atoms with van der Waals surface area (Å²) in [5, 5.41) is 21.4. The number of rotatable bonds is 18. The van der Waals surface area contributed by atoms with Gasteiger partial charge in [-0.2, -0.15) is 21.4 Å². The van der Waals surface area contributed by atoms with Crippen LogP contribution in [-0.4, -0.2) is 71.5 Å². The number of fused-ring (bicyclic) bond motifs is 6. The number of carbonyl (C=O) groups is 2. The van der Waals surface area contributed by atoms with Gasteiger partial charge in [0.2, 0.25) is 5.69 Å². The van der Waals surface area contributed by atoms with E-state index in [-0.39, 0.29) is 22.6 Å². The van der Waals surface area contributed by atoms with Crippen molar-refractivity contribution in [2.24, 2.45) is 0 Å². The first-order chi connectivity index (χ1) is 28.7. The molecule has 14 heteroatoms. The number of anilines is 1. The molecule has 2 aliphatic heterocycles. The van der Waals surface area contributed by atoms with Crippen molar-refractivity contribution in [3.63, 3.8) is 0 Å². The molecular weight excluding hydrogens is 817 g/mol. The van der Waals surface area contributed by atoms with Gasteiger partial charge in [-0.3, -0.25) is 18.7 Å². The molecule has 4 aromatic rings. The topological polar surface area (TPSA) is 190 Å². The zero-order chi connectivity index (χ0) is 44.3. The fraction of sp³-hybridized carbons (Fsp3) is 0.340. The first-order valence-corrected chi connectivity index (χ1v) is 23.3. The van der Waals surface area contributed by atoms with Crippen LogP contribution in [0.15, 0.2) is 119 Å². The summed E-state index contributed by atoms with van der Waals surface area (Å²) in [4.78, 5) is 24.2. The van der Waals surface area contributed by atoms with Crippen molar-refractivity contribution >= 4 is 70.8 Å². The molecule has 0 spiro atoms. The van der Waals surface area contributed by atoms with Crippen LogP contribution in [0, 0.1) is 0 Å². The van der Waals surface area contributed by atoms with Crippen LogP contribution in [0.5, 0.6) is 0 Å². The number of allylic oxidation sites excluding steroid dienone is 8. The Morgan fingerprint density at radius 1 is 0.639 bits per heavy atom. The third-order valence-electron chi connectivity index (χ3n) is 11.7. The number of carboxylic acid groups (broad SMARTS) is 2. The van der Waals surface area contributed by atoms with Gasteiger partial charge in [-0.15, -0.1) is 0 Å². The van der Waals surface area contributed by atoms with Gasteiger partial charge in [0.05, 0.1) is 15.2 Å². The molecule has 2 heterocycles. The van der Waals surface area contributed by atoms with Crippen LogP contribution in [0.25, 0.3) is 21.5 Å². The van der Waals surface area contributed by atoms with Crippen LogP contribution < -0.4 is 4.90 Å². The Kier molecular flexibility index (Phi) is 13.2. The minimum atomic E-state index is -4.38. The summed E-state index contributed by atoms with van der Waals surface area (Å²) in [6.45, 7) is 9.81. The molecular formula is C47H53N2O10S2+. The average molecular weight is 870 g/mol. The molecule has 0 unspecified atom stereocenters. The molecule has 0 saturated heterocycles. The van der Waals surface area contributed by atoms with Crippen LogP contribution in [0.4, 0.5) is 11.4 Å². The normalized spacial score (nSPS) is 16.9. The Labute approximate surface area is 357 Å². The molecule has 6 rings (SSSR count). The molecule has 0 aliphatic carbocycles. The fourth-order valence-corrected chi connectivity index (χ4v) is 9.91. The highest BCUT2D eigenvalue weighted by Crippen LogP contribution is 2.51. The third kappa shape index (κ3) is 9.73. The van der Waals surface area contributed by atoms with E-state index in [0.717, 1.165) is 70.4 Å². The van der Waals surface area contributed by atoms with Gasteiger partial charge >= 0.3 is 11.9 Å². The minimum absolute atomic E-state index is 0.114. The van der Waals surface area contributed by atoms with E-state index in [2.05, 4.69) is 49.3 Å². The number of unbranched alkanes of at least 4 members (excludes halogenated alkanes) is 4. The van der Waals surface area contributed by atoms with E-state index in [4.69, 9.17) is 10.2 Å². The zero-order valence-electron chi connectivity index (χ0n) is 34.8.